The molecule has 0 unspecified atom stereocenters. The van der Waals surface area contributed by atoms with Crippen LogP contribution in [0.3, 0.4) is 0 Å². The van der Waals surface area contributed by atoms with Gasteiger partial charge in [-0.3, -0.25) is 9.78 Å². The Hall–Kier alpha value is -1.87. The number of carbonyl (C=O) groups excluding carboxylic acids is 1. The summed E-state index contributed by atoms with van der Waals surface area (Å²) < 4.78 is 0. The topological polar surface area (TPSA) is 78.7 Å². The smallest absolute Gasteiger partial charge is 0.161 e. The maximum atomic E-state index is 11.1. The first kappa shape index (κ1) is 9.22. The number of azide groups is 1. The standard InChI is InChI=1S/C8H8N4O/c1-6(13)7-3-2-4-10-8(7)5-11-12-9/h2-4H,5H2,1H3. The summed E-state index contributed by atoms with van der Waals surface area (Å²) in [7, 11) is 0. The van der Waals surface area contributed by atoms with Gasteiger partial charge in [-0.05, 0) is 24.6 Å². The second-order valence-electron chi connectivity index (χ2n) is 2.44. The van der Waals surface area contributed by atoms with E-state index in [0.29, 0.717) is 11.3 Å². The maximum Gasteiger partial charge on any atom is 0.161 e. The van der Waals surface area contributed by atoms with Crippen LogP contribution in [0.2, 0.25) is 0 Å². The van der Waals surface area contributed by atoms with Crippen LogP contribution in [-0.4, -0.2) is 10.8 Å². The minimum atomic E-state index is -0.0729. The van der Waals surface area contributed by atoms with E-state index in [0.717, 1.165) is 0 Å². The van der Waals surface area contributed by atoms with Crippen LogP contribution in [0.5, 0.6) is 0 Å². The molecule has 0 saturated heterocycles. The van der Waals surface area contributed by atoms with Gasteiger partial charge in [-0.15, -0.1) is 0 Å². The summed E-state index contributed by atoms with van der Waals surface area (Å²) in [5.74, 6) is -0.0729. The summed E-state index contributed by atoms with van der Waals surface area (Å²) in [5.41, 5.74) is 9.13. The van der Waals surface area contributed by atoms with Gasteiger partial charge in [0, 0.05) is 16.7 Å². The molecular weight excluding hydrogens is 168 g/mol. The number of carbonyl (C=O) groups is 1. The van der Waals surface area contributed by atoms with E-state index < -0.39 is 0 Å². The Labute approximate surface area is 75.0 Å². The number of hydrogen-bond donors (Lipinski definition) is 0. The highest BCUT2D eigenvalue weighted by Crippen LogP contribution is 2.07. The SMILES string of the molecule is CC(=O)c1cccnc1CN=[N+]=[N-]. The summed E-state index contributed by atoms with van der Waals surface area (Å²) in [5, 5.41) is 3.35. The summed E-state index contributed by atoms with van der Waals surface area (Å²) in [6.45, 7) is 1.57. The molecule has 0 spiro atoms. The lowest BCUT2D eigenvalue weighted by Gasteiger charge is -2.00. The number of ketones is 1. The predicted molar refractivity (Wildman–Crippen MR) is 47.1 cm³/mol. The third kappa shape index (κ3) is 2.28. The molecule has 0 aliphatic carbocycles. The van der Waals surface area contributed by atoms with Crippen LogP contribution in [0.4, 0.5) is 0 Å². The second kappa shape index (κ2) is 4.23. The molecule has 1 aromatic heterocycles. The van der Waals surface area contributed by atoms with Crippen LogP contribution in [-0.2, 0) is 6.54 Å². The van der Waals surface area contributed by atoms with Gasteiger partial charge < -0.3 is 0 Å². The molecule has 1 heterocycles. The molecule has 1 rings (SSSR count). The molecule has 0 fully saturated rings. The van der Waals surface area contributed by atoms with Gasteiger partial charge in [0.1, 0.15) is 0 Å². The summed E-state index contributed by atoms with van der Waals surface area (Å²) in [6, 6.07) is 3.34. The number of Topliss-reactive ketones (excluding diaryl/α,β-unsaturated/α-hetero) is 1. The van der Waals surface area contributed by atoms with Crippen LogP contribution in [0.25, 0.3) is 10.4 Å². The number of aromatic nitrogens is 1. The maximum absolute atomic E-state index is 11.1. The minimum absolute atomic E-state index is 0.0729. The molecule has 0 aromatic carbocycles. The van der Waals surface area contributed by atoms with Crippen molar-refractivity contribution in [1.82, 2.24) is 4.98 Å². The van der Waals surface area contributed by atoms with Crippen molar-refractivity contribution in [2.75, 3.05) is 0 Å². The normalized spacial score (nSPS) is 9.00. The Morgan fingerprint density at radius 3 is 3.15 bits per heavy atom. The second-order valence-corrected chi connectivity index (χ2v) is 2.44. The number of rotatable bonds is 3. The van der Waals surface area contributed by atoms with Crippen molar-refractivity contribution in [3.05, 3.63) is 40.0 Å². The Morgan fingerprint density at radius 2 is 2.54 bits per heavy atom. The van der Waals surface area contributed by atoms with Gasteiger partial charge in [0.15, 0.2) is 5.78 Å². The van der Waals surface area contributed by atoms with Crippen molar-refractivity contribution in [2.24, 2.45) is 5.11 Å². The van der Waals surface area contributed by atoms with Gasteiger partial charge in [0.25, 0.3) is 0 Å². The number of hydrogen-bond acceptors (Lipinski definition) is 3. The van der Waals surface area contributed by atoms with Crippen LogP contribution >= 0.6 is 0 Å². The minimum Gasteiger partial charge on any atom is -0.294 e. The Kier molecular flexibility index (Phi) is 3.00. The largest absolute Gasteiger partial charge is 0.294 e. The van der Waals surface area contributed by atoms with Crippen molar-refractivity contribution in [1.29, 1.82) is 0 Å². The fourth-order valence-corrected chi connectivity index (χ4v) is 0.983. The molecule has 0 N–H and O–H groups in total. The van der Waals surface area contributed by atoms with Crippen molar-refractivity contribution in [3.8, 4) is 0 Å². The lowest BCUT2D eigenvalue weighted by Crippen LogP contribution is -2.00. The van der Waals surface area contributed by atoms with Crippen molar-refractivity contribution in [3.63, 3.8) is 0 Å². The lowest BCUT2D eigenvalue weighted by atomic mass is 10.1. The number of nitrogens with zero attached hydrogens (tertiary/aromatic N) is 4. The van der Waals surface area contributed by atoms with Crippen LogP contribution < -0.4 is 0 Å². The van der Waals surface area contributed by atoms with Crippen molar-refractivity contribution >= 4 is 5.78 Å². The fourth-order valence-electron chi connectivity index (χ4n) is 0.983. The zero-order valence-electron chi connectivity index (χ0n) is 7.14. The third-order valence-corrected chi connectivity index (χ3v) is 1.55. The van der Waals surface area contributed by atoms with E-state index in [1.165, 1.54) is 6.92 Å². The first-order chi connectivity index (χ1) is 6.25. The van der Waals surface area contributed by atoms with E-state index >= 15 is 0 Å². The van der Waals surface area contributed by atoms with E-state index in [1.54, 1.807) is 18.3 Å². The molecule has 0 amide bonds. The van der Waals surface area contributed by atoms with E-state index in [2.05, 4.69) is 15.0 Å². The third-order valence-electron chi connectivity index (χ3n) is 1.55. The molecule has 5 nitrogen and oxygen atoms in total. The van der Waals surface area contributed by atoms with Crippen molar-refractivity contribution in [2.45, 2.75) is 13.5 Å². The highest BCUT2D eigenvalue weighted by molar-refractivity contribution is 5.95. The molecular formula is C8H8N4O. The summed E-state index contributed by atoms with van der Waals surface area (Å²) >= 11 is 0. The summed E-state index contributed by atoms with van der Waals surface area (Å²) in [6.07, 6.45) is 1.56. The van der Waals surface area contributed by atoms with Crippen molar-refractivity contribution < 1.29 is 4.79 Å². The Balaban J connectivity index is 3.04. The van der Waals surface area contributed by atoms with Gasteiger partial charge in [-0.25, -0.2) is 0 Å². The molecule has 13 heavy (non-hydrogen) atoms. The molecule has 0 bridgehead atoms. The molecule has 0 atom stereocenters. The quantitative estimate of drug-likeness (QED) is 0.306. The molecule has 0 aliphatic heterocycles. The molecule has 66 valence electrons. The highest BCUT2D eigenvalue weighted by Gasteiger charge is 2.05. The average Bonchev–Trinajstić information content (AvgIpc) is 2.15. The van der Waals surface area contributed by atoms with E-state index in [-0.39, 0.29) is 12.3 Å². The van der Waals surface area contributed by atoms with Gasteiger partial charge >= 0.3 is 0 Å². The zero-order chi connectivity index (χ0) is 9.68. The van der Waals surface area contributed by atoms with E-state index in [4.69, 9.17) is 5.53 Å². The average molecular weight is 176 g/mol. The van der Waals surface area contributed by atoms with E-state index in [1.807, 2.05) is 0 Å². The van der Waals surface area contributed by atoms with Crippen LogP contribution in [0, 0.1) is 0 Å². The molecule has 0 radical (unpaired) electrons. The lowest BCUT2D eigenvalue weighted by molar-refractivity contribution is 0.101. The molecule has 1 aromatic rings. The highest BCUT2D eigenvalue weighted by atomic mass is 16.1. The van der Waals surface area contributed by atoms with Gasteiger partial charge in [-0.2, -0.15) is 0 Å². The monoisotopic (exact) mass is 176 g/mol. The Morgan fingerprint density at radius 1 is 1.77 bits per heavy atom. The molecule has 5 heteroatoms. The fraction of sp³-hybridized carbons (Fsp3) is 0.250. The molecule has 0 aliphatic rings. The first-order valence-electron chi connectivity index (χ1n) is 3.71. The zero-order valence-corrected chi connectivity index (χ0v) is 7.14. The van der Waals surface area contributed by atoms with E-state index in [9.17, 15) is 4.79 Å². The first-order valence-corrected chi connectivity index (χ1v) is 3.71. The Bertz CT molecular complexity index is 368. The molecule has 0 saturated carbocycles. The summed E-state index contributed by atoms with van der Waals surface area (Å²) in [4.78, 5) is 17.6. The number of pyridine rings is 1. The van der Waals surface area contributed by atoms with Gasteiger partial charge in [0.05, 0.1) is 12.2 Å². The predicted octanol–water partition coefficient (Wildman–Crippen LogP) is 2.09. The van der Waals surface area contributed by atoms with Gasteiger partial charge in [0.2, 0.25) is 0 Å². The van der Waals surface area contributed by atoms with Crippen LogP contribution in [0.15, 0.2) is 23.4 Å². The van der Waals surface area contributed by atoms with Crippen LogP contribution in [0.1, 0.15) is 23.0 Å². The van der Waals surface area contributed by atoms with Gasteiger partial charge in [-0.1, -0.05) is 5.11 Å².